The van der Waals surface area contributed by atoms with Gasteiger partial charge in [0.25, 0.3) is 0 Å². The minimum Gasteiger partial charge on any atom is -0.492 e. The second-order valence-corrected chi connectivity index (χ2v) is 22.2. The Morgan fingerprint density at radius 3 is 2.46 bits per heavy atom. The summed E-state index contributed by atoms with van der Waals surface area (Å²) in [5, 5.41) is 10.1. The zero-order valence-corrected chi connectivity index (χ0v) is 41.3. The molecule has 354 valence electrons. The molecule has 0 bridgehead atoms. The van der Waals surface area contributed by atoms with Crippen LogP contribution in [0.3, 0.4) is 0 Å². The van der Waals surface area contributed by atoms with Crippen LogP contribution in [-0.2, 0) is 27.0 Å². The molecule has 4 aliphatic rings. The number of ether oxygens (including phenoxy) is 2. The molecular formula is C49H59BrFN10O5P. The van der Waals surface area contributed by atoms with E-state index in [1.807, 2.05) is 11.8 Å². The van der Waals surface area contributed by atoms with Crippen molar-refractivity contribution in [2.45, 2.75) is 71.4 Å². The lowest BCUT2D eigenvalue weighted by Gasteiger charge is -2.43. The first-order valence-electron chi connectivity index (χ1n) is 23.3. The van der Waals surface area contributed by atoms with Crippen LogP contribution in [0.15, 0.2) is 59.2 Å². The number of carbonyl (C=O) groups is 2. The summed E-state index contributed by atoms with van der Waals surface area (Å²) in [5.41, 5.74) is 6.47. The van der Waals surface area contributed by atoms with E-state index in [0.29, 0.717) is 76.3 Å². The van der Waals surface area contributed by atoms with Gasteiger partial charge in [0.1, 0.15) is 36.0 Å². The molecule has 67 heavy (non-hydrogen) atoms. The Balaban J connectivity index is 0.809. The largest absolute Gasteiger partial charge is 0.492 e. The molecule has 0 saturated carbocycles. The minimum atomic E-state index is -2.91. The highest BCUT2D eigenvalue weighted by Crippen LogP contribution is 2.43. The number of aryl methyl sites for hydroxylation is 2. The van der Waals surface area contributed by atoms with Gasteiger partial charge in [-0.2, -0.15) is 4.98 Å². The number of pyridine rings is 1. The van der Waals surface area contributed by atoms with Crippen LogP contribution in [0.5, 0.6) is 11.5 Å². The van der Waals surface area contributed by atoms with Crippen LogP contribution in [0.2, 0.25) is 0 Å². The molecule has 2 aromatic heterocycles. The summed E-state index contributed by atoms with van der Waals surface area (Å²) in [6.45, 7) is 17.2. The van der Waals surface area contributed by atoms with Gasteiger partial charge in [-0.05, 0) is 111 Å². The number of hydrogen-bond donors (Lipinski definition) is 3. The minimum absolute atomic E-state index is 0.187. The summed E-state index contributed by atoms with van der Waals surface area (Å²) in [5.74, 6) is 1.23. The molecule has 3 saturated heterocycles. The van der Waals surface area contributed by atoms with Gasteiger partial charge in [-0.3, -0.25) is 24.8 Å². The number of carbonyl (C=O) groups excluding carboxylic acids is 2. The summed E-state index contributed by atoms with van der Waals surface area (Å²) < 4.78 is 42.0. The molecule has 3 aromatic carbocycles. The molecule has 3 fully saturated rings. The summed E-state index contributed by atoms with van der Waals surface area (Å²) in [6, 6.07) is 15.6. The first-order valence-corrected chi connectivity index (χ1v) is 26.7. The molecule has 3 N–H and O–H groups in total. The normalized spacial score (nSPS) is 18.5. The molecule has 1 unspecified atom stereocenters. The van der Waals surface area contributed by atoms with Gasteiger partial charge in [0.2, 0.25) is 17.8 Å². The molecule has 15 nitrogen and oxygen atoms in total. The van der Waals surface area contributed by atoms with E-state index in [1.165, 1.54) is 22.9 Å². The second kappa shape index (κ2) is 19.7. The highest BCUT2D eigenvalue weighted by Gasteiger charge is 2.36. The maximum Gasteiger partial charge on any atom is 0.249 e. The number of aromatic nitrogens is 3. The summed E-state index contributed by atoms with van der Waals surface area (Å²) in [7, 11) is -2.91. The zero-order chi connectivity index (χ0) is 47.0. The predicted octanol–water partition coefficient (Wildman–Crippen LogP) is 7.72. The number of amides is 2. The fourth-order valence-corrected chi connectivity index (χ4v) is 11.7. The number of halogens is 2. The van der Waals surface area contributed by atoms with E-state index < -0.39 is 13.0 Å². The van der Waals surface area contributed by atoms with Crippen molar-refractivity contribution >= 4 is 85.6 Å². The van der Waals surface area contributed by atoms with Crippen LogP contribution in [0.4, 0.5) is 38.9 Å². The van der Waals surface area contributed by atoms with E-state index in [-0.39, 0.29) is 23.4 Å². The van der Waals surface area contributed by atoms with Crippen molar-refractivity contribution in [3.05, 3.63) is 81.8 Å². The number of nitrogens with zero attached hydrogens (tertiary/aromatic N) is 7. The first-order chi connectivity index (χ1) is 32.3. The van der Waals surface area contributed by atoms with Gasteiger partial charge in [-0.1, -0.05) is 19.1 Å². The van der Waals surface area contributed by atoms with Crippen LogP contribution < -0.4 is 40.5 Å². The number of rotatable bonds is 14. The van der Waals surface area contributed by atoms with Crippen molar-refractivity contribution < 1.29 is 28.0 Å². The van der Waals surface area contributed by atoms with E-state index in [9.17, 15) is 14.2 Å². The van der Waals surface area contributed by atoms with E-state index >= 15 is 4.39 Å². The highest BCUT2D eigenvalue weighted by molar-refractivity contribution is 9.10. The SMILES string of the molecule is CCOc1cc(N2CCC(N3CCN(CCc4ccc5c(c4)OCN5C4CCC(=O)NC4=O)CC3)CC2)c(CC)cc1Nc1ncc(Br)c(Nc2cc(F)c3nc(C)ccc3c2P(C)(C)=O)n1. The Morgan fingerprint density at radius 1 is 0.940 bits per heavy atom. The van der Waals surface area contributed by atoms with Crippen LogP contribution in [0.1, 0.15) is 56.4 Å². The van der Waals surface area contributed by atoms with Crippen molar-refractivity contribution in [1.29, 1.82) is 0 Å². The van der Waals surface area contributed by atoms with E-state index in [2.05, 4.69) is 93.8 Å². The van der Waals surface area contributed by atoms with Gasteiger partial charge >= 0.3 is 0 Å². The lowest BCUT2D eigenvalue weighted by atomic mass is 9.99. The van der Waals surface area contributed by atoms with Gasteiger partial charge in [-0.25, -0.2) is 9.37 Å². The van der Waals surface area contributed by atoms with E-state index in [0.717, 1.165) is 88.6 Å². The molecule has 2 amide bonds. The third-order valence-corrected chi connectivity index (χ3v) is 15.5. The summed E-state index contributed by atoms with van der Waals surface area (Å²) >= 11 is 3.56. The van der Waals surface area contributed by atoms with Gasteiger partial charge in [0.05, 0.1) is 28.1 Å². The molecule has 4 aliphatic heterocycles. The lowest BCUT2D eigenvalue weighted by Crippen LogP contribution is -2.53. The average Bonchev–Trinajstić information content (AvgIpc) is 3.73. The van der Waals surface area contributed by atoms with E-state index in [1.54, 1.807) is 38.6 Å². The van der Waals surface area contributed by atoms with Crippen molar-refractivity contribution in [2.75, 3.05) is 92.9 Å². The monoisotopic (exact) mass is 996 g/mol. The number of hydrogen-bond acceptors (Lipinski definition) is 14. The smallest absolute Gasteiger partial charge is 0.249 e. The number of piperidine rings is 2. The van der Waals surface area contributed by atoms with Crippen LogP contribution in [0.25, 0.3) is 10.9 Å². The second-order valence-electron chi connectivity index (χ2n) is 18.2. The quantitative estimate of drug-likeness (QED) is 0.0734. The van der Waals surface area contributed by atoms with Crippen molar-refractivity contribution in [3.63, 3.8) is 0 Å². The number of benzene rings is 3. The Morgan fingerprint density at radius 2 is 1.73 bits per heavy atom. The van der Waals surface area contributed by atoms with Crippen LogP contribution >= 0.6 is 23.1 Å². The third-order valence-electron chi connectivity index (χ3n) is 13.4. The van der Waals surface area contributed by atoms with Gasteiger partial charge in [-0.15, -0.1) is 0 Å². The number of imide groups is 1. The fraction of sp³-hybridized carbons (Fsp3) is 0.449. The topological polar surface area (TPSA) is 157 Å². The number of fused-ring (bicyclic) bond motifs is 2. The summed E-state index contributed by atoms with van der Waals surface area (Å²) in [6.07, 6.45) is 6.40. The molecule has 5 aromatic rings. The molecule has 0 radical (unpaired) electrons. The Labute approximate surface area is 399 Å². The fourth-order valence-electron chi connectivity index (χ4n) is 9.97. The maximum absolute atomic E-state index is 15.5. The van der Waals surface area contributed by atoms with Crippen LogP contribution in [-0.4, -0.2) is 121 Å². The van der Waals surface area contributed by atoms with E-state index in [4.69, 9.17) is 14.5 Å². The number of nitrogens with one attached hydrogen (secondary N) is 3. The van der Waals surface area contributed by atoms with Gasteiger partial charge in [0.15, 0.2) is 12.5 Å². The summed E-state index contributed by atoms with van der Waals surface area (Å²) in [4.78, 5) is 47.6. The molecule has 6 heterocycles. The van der Waals surface area contributed by atoms with Crippen molar-refractivity contribution in [3.8, 4) is 11.5 Å². The lowest BCUT2D eigenvalue weighted by molar-refractivity contribution is -0.134. The molecule has 0 spiro atoms. The average molecular weight is 998 g/mol. The predicted molar refractivity (Wildman–Crippen MR) is 266 cm³/mol. The van der Waals surface area contributed by atoms with Crippen molar-refractivity contribution in [2.24, 2.45) is 0 Å². The standard InChI is InChI=1S/C49H59BrFN10O5P/c1-6-32-25-37(55-49-52-28-35(50)47(57-49)54-38-26-36(51)45-34(10-8-30(3)53-45)46(38)67(4,5)64)42(65-7-2)27-41(32)60-18-15-33(16-19-60)59-22-20-58(21-23-59)17-14-31-9-11-39-43(24-31)66-29-61(39)40-12-13-44(62)56-48(40)63/h8-11,24-28,33,40H,6-7,12-23,29H2,1-5H3,(H,56,62,63)(H2,52,54,55,57). The number of anilines is 6. The maximum atomic E-state index is 15.5. The molecule has 9 rings (SSSR count). The first kappa shape index (κ1) is 46.7. The third kappa shape index (κ3) is 10.1. The molecule has 18 heteroatoms. The number of piperazine rings is 1. The Hall–Kier alpha value is -5.35. The van der Waals surface area contributed by atoms with Gasteiger partial charge < -0.3 is 39.4 Å². The van der Waals surface area contributed by atoms with Crippen LogP contribution in [0, 0.1) is 12.7 Å². The Bertz CT molecular complexity index is 2740. The van der Waals surface area contributed by atoms with Crippen molar-refractivity contribution in [1.82, 2.24) is 30.1 Å². The molecular weight excluding hydrogens is 938 g/mol. The molecule has 1 atom stereocenters. The van der Waals surface area contributed by atoms with Gasteiger partial charge in [0, 0.05) is 98.7 Å². The highest BCUT2D eigenvalue weighted by atomic mass is 79.9. The Kier molecular flexibility index (Phi) is 13.7. The zero-order valence-electron chi connectivity index (χ0n) is 38.8. The molecule has 0 aliphatic carbocycles.